The van der Waals surface area contributed by atoms with Crippen LogP contribution in [0.25, 0.3) is 0 Å². The van der Waals surface area contributed by atoms with Gasteiger partial charge in [0.05, 0.1) is 6.10 Å². The molecule has 3 N–H and O–H groups in total. The Kier molecular flexibility index (Phi) is 5.14. The number of rotatable bonds is 5. The molecular weight excluding hydrogens is 333 g/mol. The summed E-state index contributed by atoms with van der Waals surface area (Å²) in [5.74, 6) is -0.285. The zero-order valence-corrected chi connectivity index (χ0v) is 13.5. The summed E-state index contributed by atoms with van der Waals surface area (Å²) < 4.78 is 14.9. The molecule has 0 aliphatic carbocycles. The average Bonchev–Trinajstić information content (AvgIpc) is 2.49. The van der Waals surface area contributed by atoms with Gasteiger partial charge in [0.25, 0.3) is 0 Å². The second-order valence-corrected chi connectivity index (χ2v) is 6.23. The van der Waals surface area contributed by atoms with Crippen LogP contribution in [0.3, 0.4) is 0 Å². The molecule has 112 valence electrons. The normalized spacial score (nSPS) is 15.5. The Morgan fingerprint density at radius 3 is 2.48 bits per heavy atom. The Morgan fingerprint density at radius 2 is 1.90 bits per heavy atom. The minimum atomic E-state index is -0.705. The van der Waals surface area contributed by atoms with Crippen LogP contribution in [0.2, 0.25) is 0 Å². The Bertz CT molecular complexity index is 603. The van der Waals surface area contributed by atoms with Gasteiger partial charge in [0.15, 0.2) is 0 Å². The number of aliphatic hydroxyl groups is 1. The van der Waals surface area contributed by atoms with E-state index in [1.54, 1.807) is 19.1 Å². The highest BCUT2D eigenvalue weighted by Crippen LogP contribution is 2.33. The van der Waals surface area contributed by atoms with Gasteiger partial charge in [0.1, 0.15) is 5.82 Å². The second-order valence-electron chi connectivity index (χ2n) is 5.31. The summed E-state index contributed by atoms with van der Waals surface area (Å²) in [5.41, 5.74) is 6.74. The first-order chi connectivity index (χ1) is 9.99. The number of halogens is 2. The summed E-state index contributed by atoms with van der Waals surface area (Å²) in [4.78, 5) is 0. The zero-order valence-electron chi connectivity index (χ0n) is 11.9. The van der Waals surface area contributed by atoms with Gasteiger partial charge in [-0.25, -0.2) is 4.39 Å². The maximum absolute atomic E-state index is 14.1. The van der Waals surface area contributed by atoms with E-state index in [1.165, 1.54) is 6.07 Å². The van der Waals surface area contributed by atoms with Crippen molar-refractivity contribution in [1.82, 2.24) is 0 Å². The number of hydrogen-bond acceptors (Lipinski definition) is 2. The SMILES string of the molecule is CC(O)C(CN)(Cc1cc(Br)ccc1F)c1ccccc1. The molecule has 0 bridgehead atoms. The van der Waals surface area contributed by atoms with Crippen LogP contribution < -0.4 is 5.73 Å². The topological polar surface area (TPSA) is 46.2 Å². The van der Waals surface area contributed by atoms with Gasteiger partial charge in [-0.05, 0) is 42.7 Å². The zero-order chi connectivity index (χ0) is 15.5. The molecule has 0 aromatic heterocycles. The van der Waals surface area contributed by atoms with E-state index in [0.717, 1.165) is 10.0 Å². The summed E-state index contributed by atoms with van der Waals surface area (Å²) in [6.07, 6.45) is -0.348. The van der Waals surface area contributed by atoms with Crippen LogP contribution in [0.4, 0.5) is 4.39 Å². The smallest absolute Gasteiger partial charge is 0.126 e. The van der Waals surface area contributed by atoms with E-state index in [0.29, 0.717) is 12.0 Å². The molecule has 21 heavy (non-hydrogen) atoms. The van der Waals surface area contributed by atoms with Crippen molar-refractivity contribution in [2.75, 3.05) is 6.54 Å². The fourth-order valence-electron chi connectivity index (χ4n) is 2.64. The van der Waals surface area contributed by atoms with E-state index >= 15 is 0 Å². The van der Waals surface area contributed by atoms with Gasteiger partial charge >= 0.3 is 0 Å². The third-order valence-corrected chi connectivity index (χ3v) is 4.52. The molecule has 0 heterocycles. The highest BCUT2D eigenvalue weighted by molar-refractivity contribution is 9.10. The summed E-state index contributed by atoms with van der Waals surface area (Å²) >= 11 is 3.36. The summed E-state index contributed by atoms with van der Waals surface area (Å²) in [7, 11) is 0. The minimum Gasteiger partial charge on any atom is -0.392 e. The molecule has 2 aromatic rings. The number of hydrogen-bond donors (Lipinski definition) is 2. The van der Waals surface area contributed by atoms with Crippen molar-refractivity contribution in [2.45, 2.75) is 24.9 Å². The molecule has 0 saturated carbocycles. The molecule has 4 heteroatoms. The quantitative estimate of drug-likeness (QED) is 0.866. The molecule has 2 nitrogen and oxygen atoms in total. The maximum Gasteiger partial charge on any atom is 0.126 e. The molecule has 2 aromatic carbocycles. The van der Waals surface area contributed by atoms with Gasteiger partial charge in [0, 0.05) is 16.4 Å². The third-order valence-electron chi connectivity index (χ3n) is 4.03. The molecule has 0 radical (unpaired) electrons. The first kappa shape index (κ1) is 16.1. The van der Waals surface area contributed by atoms with E-state index in [9.17, 15) is 9.50 Å². The van der Waals surface area contributed by atoms with Crippen molar-refractivity contribution in [1.29, 1.82) is 0 Å². The van der Waals surface area contributed by atoms with Crippen LogP contribution in [-0.2, 0) is 11.8 Å². The van der Waals surface area contributed by atoms with Crippen LogP contribution in [0, 0.1) is 5.82 Å². The van der Waals surface area contributed by atoms with Gasteiger partial charge in [-0.15, -0.1) is 0 Å². The van der Waals surface area contributed by atoms with Crippen LogP contribution in [0.15, 0.2) is 53.0 Å². The van der Waals surface area contributed by atoms with Crippen LogP contribution in [0.1, 0.15) is 18.1 Å². The first-order valence-electron chi connectivity index (χ1n) is 6.87. The van der Waals surface area contributed by atoms with Gasteiger partial charge in [-0.1, -0.05) is 46.3 Å². The third kappa shape index (κ3) is 3.34. The highest BCUT2D eigenvalue weighted by Gasteiger charge is 2.36. The van der Waals surface area contributed by atoms with Gasteiger partial charge in [-0.2, -0.15) is 0 Å². The molecule has 0 saturated heterocycles. The van der Waals surface area contributed by atoms with E-state index in [-0.39, 0.29) is 12.4 Å². The van der Waals surface area contributed by atoms with Crippen LogP contribution in [-0.4, -0.2) is 17.8 Å². The fourth-order valence-corrected chi connectivity index (χ4v) is 3.05. The monoisotopic (exact) mass is 351 g/mol. The lowest BCUT2D eigenvalue weighted by atomic mass is 9.71. The molecular formula is C17H19BrFNO. The predicted octanol–water partition coefficient (Wildman–Crippen LogP) is 3.41. The number of aliphatic hydroxyl groups excluding tert-OH is 1. The van der Waals surface area contributed by atoms with Gasteiger partial charge in [0.2, 0.25) is 0 Å². The lowest BCUT2D eigenvalue weighted by Crippen LogP contribution is -2.46. The lowest BCUT2D eigenvalue weighted by Gasteiger charge is -2.36. The number of nitrogens with two attached hydrogens (primary N) is 1. The predicted molar refractivity (Wildman–Crippen MR) is 86.7 cm³/mol. The molecule has 2 unspecified atom stereocenters. The van der Waals surface area contributed by atoms with E-state index in [4.69, 9.17) is 5.73 Å². The Balaban J connectivity index is 2.49. The summed E-state index contributed by atoms with van der Waals surface area (Å²) in [5, 5.41) is 10.3. The molecule has 0 amide bonds. The average molecular weight is 352 g/mol. The van der Waals surface area contributed by atoms with Gasteiger partial charge in [-0.3, -0.25) is 0 Å². The van der Waals surface area contributed by atoms with E-state index in [2.05, 4.69) is 15.9 Å². The Labute approximate surface area is 132 Å². The molecule has 2 rings (SSSR count). The number of benzene rings is 2. The van der Waals surface area contributed by atoms with Crippen molar-refractivity contribution < 1.29 is 9.50 Å². The van der Waals surface area contributed by atoms with Crippen molar-refractivity contribution in [2.24, 2.45) is 5.73 Å². The largest absolute Gasteiger partial charge is 0.392 e. The summed E-state index contributed by atoms with van der Waals surface area (Å²) in [6, 6.07) is 14.4. The van der Waals surface area contributed by atoms with Crippen molar-refractivity contribution >= 4 is 15.9 Å². The Hall–Kier alpha value is -1.23. The second kappa shape index (κ2) is 6.69. The molecule has 0 fully saturated rings. The fraction of sp³-hybridized carbons (Fsp3) is 0.294. The molecule has 0 aliphatic heterocycles. The standard InChI is InChI=1S/C17H19BrFNO/c1-12(21)17(11-20,14-5-3-2-4-6-14)10-13-9-15(18)7-8-16(13)19/h2-9,12,21H,10-11,20H2,1H3. The van der Waals surface area contributed by atoms with Crippen LogP contribution in [0.5, 0.6) is 0 Å². The first-order valence-corrected chi connectivity index (χ1v) is 7.66. The van der Waals surface area contributed by atoms with E-state index in [1.807, 2.05) is 30.3 Å². The summed E-state index contributed by atoms with van der Waals surface area (Å²) in [6.45, 7) is 1.94. The van der Waals surface area contributed by atoms with E-state index < -0.39 is 11.5 Å². The maximum atomic E-state index is 14.1. The van der Waals surface area contributed by atoms with Crippen LogP contribution >= 0.6 is 15.9 Å². The van der Waals surface area contributed by atoms with Crippen molar-refractivity contribution in [3.8, 4) is 0 Å². The highest BCUT2D eigenvalue weighted by atomic mass is 79.9. The lowest BCUT2D eigenvalue weighted by molar-refractivity contribution is 0.0995. The van der Waals surface area contributed by atoms with Crippen molar-refractivity contribution in [3.05, 3.63) is 69.9 Å². The minimum absolute atomic E-state index is 0.237. The molecule has 0 spiro atoms. The van der Waals surface area contributed by atoms with Crippen molar-refractivity contribution in [3.63, 3.8) is 0 Å². The Morgan fingerprint density at radius 1 is 1.24 bits per heavy atom. The van der Waals surface area contributed by atoms with Gasteiger partial charge < -0.3 is 10.8 Å². The molecule has 2 atom stereocenters. The molecule has 0 aliphatic rings.